The van der Waals surface area contributed by atoms with Crippen LogP contribution in [0.15, 0.2) is 48.5 Å². The average Bonchev–Trinajstić information content (AvgIpc) is 2.68. The highest BCUT2D eigenvalue weighted by Crippen LogP contribution is 2.21. The van der Waals surface area contributed by atoms with Gasteiger partial charge in [-0.3, -0.25) is 4.79 Å². The van der Waals surface area contributed by atoms with E-state index < -0.39 is 0 Å². The summed E-state index contributed by atoms with van der Waals surface area (Å²) in [6, 6.07) is 17.4. The van der Waals surface area contributed by atoms with Gasteiger partial charge in [-0.25, -0.2) is 0 Å². The number of amides is 1. The van der Waals surface area contributed by atoms with Crippen LogP contribution in [-0.4, -0.2) is 41.9 Å². The number of carbonyl (C=O) groups is 1. The Bertz CT molecular complexity index is 773. The zero-order valence-electron chi connectivity index (χ0n) is 17.8. The van der Waals surface area contributed by atoms with E-state index in [1.807, 2.05) is 0 Å². The fourth-order valence-corrected chi connectivity index (χ4v) is 3.96. The predicted octanol–water partition coefficient (Wildman–Crippen LogP) is 4.78. The van der Waals surface area contributed by atoms with E-state index in [9.17, 15) is 4.79 Å². The summed E-state index contributed by atoms with van der Waals surface area (Å²) in [4.78, 5) is 17.9. The SMILES string of the molecule is Cc1ccc(CN(C(=O)Cc2cccc(C(C)C)c2)C2CCN(C)CC2)cc1. The summed E-state index contributed by atoms with van der Waals surface area (Å²) in [6.45, 7) is 9.32. The first kappa shape index (κ1) is 20.6. The second-order valence-corrected chi connectivity index (χ2v) is 8.62. The summed E-state index contributed by atoms with van der Waals surface area (Å²) < 4.78 is 0. The average molecular weight is 379 g/mol. The van der Waals surface area contributed by atoms with Crippen LogP contribution >= 0.6 is 0 Å². The summed E-state index contributed by atoms with van der Waals surface area (Å²) in [6.07, 6.45) is 2.60. The van der Waals surface area contributed by atoms with Gasteiger partial charge in [-0.05, 0) is 62.5 Å². The van der Waals surface area contributed by atoms with Gasteiger partial charge in [0.2, 0.25) is 5.91 Å². The second kappa shape index (κ2) is 9.38. The van der Waals surface area contributed by atoms with Crippen LogP contribution < -0.4 is 0 Å². The van der Waals surface area contributed by atoms with Crippen LogP contribution in [0.1, 0.15) is 54.9 Å². The van der Waals surface area contributed by atoms with Crippen molar-refractivity contribution in [1.29, 1.82) is 0 Å². The number of benzene rings is 2. The van der Waals surface area contributed by atoms with Gasteiger partial charge in [-0.2, -0.15) is 0 Å². The molecule has 1 heterocycles. The van der Waals surface area contributed by atoms with Gasteiger partial charge in [0.25, 0.3) is 0 Å². The van der Waals surface area contributed by atoms with Crippen LogP contribution in [0.25, 0.3) is 0 Å². The van der Waals surface area contributed by atoms with E-state index in [0.717, 1.165) is 31.5 Å². The smallest absolute Gasteiger partial charge is 0.227 e. The summed E-state index contributed by atoms with van der Waals surface area (Å²) in [5.74, 6) is 0.726. The first-order valence-electron chi connectivity index (χ1n) is 10.5. The molecule has 0 aliphatic carbocycles. The minimum Gasteiger partial charge on any atom is -0.335 e. The second-order valence-electron chi connectivity index (χ2n) is 8.62. The molecule has 0 bridgehead atoms. The van der Waals surface area contributed by atoms with Crippen LogP contribution in [0, 0.1) is 6.92 Å². The van der Waals surface area contributed by atoms with Gasteiger partial charge in [0.15, 0.2) is 0 Å². The maximum Gasteiger partial charge on any atom is 0.227 e. The van der Waals surface area contributed by atoms with Crippen molar-refractivity contribution in [2.75, 3.05) is 20.1 Å². The molecule has 3 rings (SSSR count). The lowest BCUT2D eigenvalue weighted by atomic mass is 9.98. The largest absolute Gasteiger partial charge is 0.335 e. The zero-order chi connectivity index (χ0) is 20.1. The minimum atomic E-state index is 0.246. The molecule has 1 saturated heterocycles. The highest BCUT2D eigenvalue weighted by molar-refractivity contribution is 5.79. The van der Waals surface area contributed by atoms with E-state index in [2.05, 4.69) is 86.1 Å². The molecule has 0 aromatic heterocycles. The van der Waals surface area contributed by atoms with Crippen molar-refractivity contribution in [2.24, 2.45) is 0 Å². The molecule has 1 fully saturated rings. The molecule has 0 spiro atoms. The van der Waals surface area contributed by atoms with Gasteiger partial charge in [-0.15, -0.1) is 0 Å². The number of nitrogens with zero attached hydrogens (tertiary/aromatic N) is 2. The minimum absolute atomic E-state index is 0.246. The Morgan fingerprint density at radius 2 is 1.75 bits per heavy atom. The Labute approximate surface area is 170 Å². The molecule has 1 aliphatic rings. The molecule has 2 aromatic rings. The molecular formula is C25H34N2O. The van der Waals surface area contributed by atoms with Gasteiger partial charge in [0, 0.05) is 12.6 Å². The van der Waals surface area contributed by atoms with E-state index in [-0.39, 0.29) is 5.91 Å². The van der Waals surface area contributed by atoms with Crippen molar-refractivity contribution < 1.29 is 4.79 Å². The van der Waals surface area contributed by atoms with Crippen LogP contribution in [-0.2, 0) is 17.8 Å². The number of aryl methyl sites for hydroxylation is 1. The number of rotatable bonds is 6. The molecule has 0 atom stereocenters. The van der Waals surface area contributed by atoms with Crippen molar-refractivity contribution in [3.05, 3.63) is 70.8 Å². The quantitative estimate of drug-likeness (QED) is 0.722. The fraction of sp³-hybridized carbons (Fsp3) is 0.480. The third kappa shape index (κ3) is 5.45. The Balaban J connectivity index is 1.77. The van der Waals surface area contributed by atoms with Gasteiger partial charge >= 0.3 is 0 Å². The Morgan fingerprint density at radius 3 is 2.39 bits per heavy atom. The molecule has 28 heavy (non-hydrogen) atoms. The molecule has 0 saturated carbocycles. The standard InChI is InChI=1S/C25H34N2O/c1-19(2)23-7-5-6-22(16-23)17-25(28)27(24-12-14-26(4)15-13-24)18-21-10-8-20(3)9-11-21/h5-11,16,19,24H,12-15,17-18H2,1-4H3. The molecule has 1 amide bonds. The summed E-state index contributed by atoms with van der Waals surface area (Å²) >= 11 is 0. The molecule has 3 heteroatoms. The van der Waals surface area contributed by atoms with E-state index >= 15 is 0 Å². The third-order valence-electron chi connectivity index (χ3n) is 5.90. The lowest BCUT2D eigenvalue weighted by Gasteiger charge is -2.37. The molecule has 2 aromatic carbocycles. The van der Waals surface area contributed by atoms with Crippen molar-refractivity contribution >= 4 is 5.91 Å². The van der Waals surface area contributed by atoms with E-state index in [0.29, 0.717) is 24.9 Å². The molecule has 0 radical (unpaired) electrons. The van der Waals surface area contributed by atoms with E-state index in [4.69, 9.17) is 0 Å². The first-order valence-corrected chi connectivity index (χ1v) is 10.5. The van der Waals surface area contributed by atoms with Gasteiger partial charge in [0.05, 0.1) is 6.42 Å². The number of carbonyl (C=O) groups excluding carboxylic acids is 1. The molecule has 1 aliphatic heterocycles. The van der Waals surface area contributed by atoms with E-state index in [1.54, 1.807) is 0 Å². The van der Waals surface area contributed by atoms with Gasteiger partial charge < -0.3 is 9.80 Å². The monoisotopic (exact) mass is 378 g/mol. The Morgan fingerprint density at radius 1 is 1.07 bits per heavy atom. The Hall–Kier alpha value is -2.13. The molecule has 0 unspecified atom stereocenters. The highest BCUT2D eigenvalue weighted by atomic mass is 16.2. The lowest BCUT2D eigenvalue weighted by molar-refractivity contribution is -0.134. The first-order chi connectivity index (χ1) is 13.4. The van der Waals surface area contributed by atoms with Crippen LogP contribution in [0.3, 0.4) is 0 Å². The van der Waals surface area contributed by atoms with Crippen molar-refractivity contribution in [1.82, 2.24) is 9.80 Å². The third-order valence-corrected chi connectivity index (χ3v) is 5.90. The number of hydrogen-bond acceptors (Lipinski definition) is 2. The number of piperidine rings is 1. The lowest BCUT2D eigenvalue weighted by Crippen LogP contribution is -2.46. The predicted molar refractivity (Wildman–Crippen MR) is 116 cm³/mol. The van der Waals surface area contributed by atoms with Gasteiger partial charge in [-0.1, -0.05) is 67.9 Å². The van der Waals surface area contributed by atoms with Crippen LogP contribution in [0.2, 0.25) is 0 Å². The maximum absolute atomic E-state index is 13.4. The maximum atomic E-state index is 13.4. The summed E-state index contributed by atoms with van der Waals surface area (Å²) in [7, 11) is 2.17. The molecule has 150 valence electrons. The number of hydrogen-bond donors (Lipinski definition) is 0. The van der Waals surface area contributed by atoms with Gasteiger partial charge in [0.1, 0.15) is 0 Å². The van der Waals surface area contributed by atoms with Crippen molar-refractivity contribution in [3.8, 4) is 0 Å². The van der Waals surface area contributed by atoms with Crippen molar-refractivity contribution in [3.63, 3.8) is 0 Å². The molecule has 3 nitrogen and oxygen atoms in total. The summed E-state index contributed by atoms with van der Waals surface area (Å²) in [5, 5.41) is 0. The Kier molecular flexibility index (Phi) is 6.90. The molecular weight excluding hydrogens is 344 g/mol. The van der Waals surface area contributed by atoms with Crippen molar-refractivity contribution in [2.45, 2.75) is 58.5 Å². The topological polar surface area (TPSA) is 23.6 Å². The zero-order valence-corrected chi connectivity index (χ0v) is 17.8. The normalized spacial score (nSPS) is 15.8. The fourth-order valence-electron chi connectivity index (χ4n) is 3.96. The van der Waals surface area contributed by atoms with Crippen LogP contribution in [0.5, 0.6) is 0 Å². The number of likely N-dealkylation sites (tertiary alicyclic amines) is 1. The van der Waals surface area contributed by atoms with E-state index in [1.165, 1.54) is 16.7 Å². The van der Waals surface area contributed by atoms with Crippen LogP contribution in [0.4, 0.5) is 0 Å². The summed E-state index contributed by atoms with van der Waals surface area (Å²) in [5.41, 5.74) is 4.90. The molecule has 0 N–H and O–H groups in total. The highest BCUT2D eigenvalue weighted by Gasteiger charge is 2.27.